The van der Waals surface area contributed by atoms with Crippen LogP contribution in [0, 0.1) is 6.92 Å². The highest BCUT2D eigenvalue weighted by Crippen LogP contribution is 2.35. The second-order valence-corrected chi connectivity index (χ2v) is 8.41. The van der Waals surface area contributed by atoms with Gasteiger partial charge in [0.25, 0.3) is 5.91 Å². The molecule has 2 fully saturated rings. The van der Waals surface area contributed by atoms with Crippen molar-refractivity contribution in [2.45, 2.75) is 51.6 Å². The van der Waals surface area contributed by atoms with Gasteiger partial charge in [0.1, 0.15) is 5.60 Å². The molecule has 7 nitrogen and oxygen atoms in total. The average Bonchev–Trinajstić information content (AvgIpc) is 3.28. The number of hydrogen-bond donors (Lipinski definition) is 0. The second kappa shape index (κ2) is 8.13. The first-order valence-corrected chi connectivity index (χ1v) is 10.7. The summed E-state index contributed by atoms with van der Waals surface area (Å²) in [7, 11) is 0. The minimum atomic E-state index is -0.505. The van der Waals surface area contributed by atoms with Crippen LogP contribution in [0.2, 0.25) is 0 Å². The maximum Gasteiger partial charge on any atom is 0.410 e. The molecule has 0 radical (unpaired) electrons. The first-order valence-electron chi connectivity index (χ1n) is 10.7. The van der Waals surface area contributed by atoms with Gasteiger partial charge in [-0.05, 0) is 18.4 Å². The molecule has 2 aromatic rings. The van der Waals surface area contributed by atoms with E-state index in [0.29, 0.717) is 62.8 Å². The predicted molar refractivity (Wildman–Crippen MR) is 111 cm³/mol. The van der Waals surface area contributed by atoms with Crippen LogP contribution in [-0.2, 0) is 11.2 Å². The summed E-state index contributed by atoms with van der Waals surface area (Å²) in [5, 5.41) is 0. The van der Waals surface area contributed by atoms with Crippen LogP contribution in [0.25, 0.3) is 0 Å². The third-order valence-electron chi connectivity index (χ3n) is 6.20. The number of carbonyl (C=O) groups is 2. The van der Waals surface area contributed by atoms with Gasteiger partial charge in [-0.3, -0.25) is 4.79 Å². The van der Waals surface area contributed by atoms with Gasteiger partial charge in [-0.25, -0.2) is 9.78 Å². The molecule has 4 rings (SSSR count). The topological polar surface area (TPSA) is 75.9 Å². The third-order valence-corrected chi connectivity index (χ3v) is 6.20. The predicted octanol–water partition coefficient (Wildman–Crippen LogP) is 3.78. The van der Waals surface area contributed by atoms with E-state index in [2.05, 4.69) is 24.0 Å². The Morgan fingerprint density at radius 1 is 1.23 bits per heavy atom. The minimum absolute atomic E-state index is 0.131. The van der Waals surface area contributed by atoms with Crippen molar-refractivity contribution in [3.05, 3.63) is 53.2 Å². The van der Waals surface area contributed by atoms with E-state index in [0.717, 1.165) is 0 Å². The number of aryl methyl sites for hydroxylation is 2. The first kappa shape index (κ1) is 20.4. The number of likely N-dealkylation sites (tertiary alicyclic amines) is 1. The zero-order valence-electron chi connectivity index (χ0n) is 17.9. The number of hydrogen-bond acceptors (Lipinski definition) is 5. The number of aromatic nitrogens is 1. The third kappa shape index (κ3) is 3.93. The van der Waals surface area contributed by atoms with Crippen LogP contribution in [0.15, 0.2) is 34.7 Å². The van der Waals surface area contributed by atoms with Crippen LogP contribution in [0.4, 0.5) is 4.79 Å². The standard InChI is InChI=1S/C23H29N3O4/c1-4-19-24-17(3)20(29-19)21(27)25-12-10-23(11-13-25)15-26(22(28)30-23)14-16(2)18-8-6-5-7-9-18/h5-9,16H,4,10-15H2,1-3H3/t16-/m0/s1. The van der Waals surface area contributed by atoms with Gasteiger partial charge in [0.2, 0.25) is 5.76 Å². The maximum absolute atomic E-state index is 12.9. The zero-order chi connectivity index (χ0) is 21.3. The number of amides is 2. The maximum atomic E-state index is 12.9. The van der Waals surface area contributed by atoms with Crippen LogP contribution in [-0.4, -0.2) is 58.6 Å². The summed E-state index contributed by atoms with van der Waals surface area (Å²) in [6, 6.07) is 10.2. The Kier molecular flexibility index (Phi) is 5.54. The van der Waals surface area contributed by atoms with Crippen LogP contribution in [0.3, 0.4) is 0 Å². The molecule has 3 heterocycles. The van der Waals surface area contributed by atoms with E-state index >= 15 is 0 Å². The summed E-state index contributed by atoms with van der Waals surface area (Å²) < 4.78 is 11.5. The Bertz CT molecular complexity index is 916. The molecule has 0 saturated carbocycles. The van der Waals surface area contributed by atoms with Crippen LogP contribution in [0.1, 0.15) is 60.3 Å². The molecule has 2 amide bonds. The molecule has 0 aliphatic carbocycles. The fraction of sp³-hybridized carbons (Fsp3) is 0.522. The normalized spacial score (nSPS) is 19.2. The fourth-order valence-corrected chi connectivity index (χ4v) is 4.37. The van der Waals surface area contributed by atoms with Gasteiger partial charge in [-0.1, -0.05) is 44.2 Å². The Balaban J connectivity index is 1.36. The number of carbonyl (C=O) groups excluding carboxylic acids is 2. The summed E-state index contributed by atoms with van der Waals surface area (Å²) >= 11 is 0. The molecule has 1 atom stereocenters. The van der Waals surface area contributed by atoms with E-state index in [4.69, 9.17) is 9.15 Å². The van der Waals surface area contributed by atoms with E-state index in [1.54, 1.807) is 11.8 Å². The highest BCUT2D eigenvalue weighted by molar-refractivity contribution is 5.92. The lowest BCUT2D eigenvalue weighted by Gasteiger charge is -2.37. The molecular weight excluding hydrogens is 382 g/mol. The van der Waals surface area contributed by atoms with E-state index in [1.807, 2.05) is 30.0 Å². The largest absolute Gasteiger partial charge is 0.441 e. The quantitative estimate of drug-likeness (QED) is 0.748. The van der Waals surface area contributed by atoms with E-state index in [-0.39, 0.29) is 17.9 Å². The van der Waals surface area contributed by atoms with Crippen molar-refractivity contribution in [2.75, 3.05) is 26.2 Å². The van der Waals surface area contributed by atoms with Crippen molar-refractivity contribution in [1.29, 1.82) is 0 Å². The summed E-state index contributed by atoms with van der Waals surface area (Å²) in [5.74, 6) is 1.01. The van der Waals surface area contributed by atoms with Crippen LogP contribution in [0.5, 0.6) is 0 Å². The number of piperidine rings is 1. The molecule has 1 aromatic carbocycles. The van der Waals surface area contributed by atoms with Crippen molar-refractivity contribution in [3.63, 3.8) is 0 Å². The molecule has 2 saturated heterocycles. The summed E-state index contributed by atoms with van der Waals surface area (Å²) in [6.07, 6.45) is 1.67. The second-order valence-electron chi connectivity index (χ2n) is 8.41. The van der Waals surface area contributed by atoms with Gasteiger partial charge in [0.15, 0.2) is 5.89 Å². The van der Waals surface area contributed by atoms with Crippen LogP contribution >= 0.6 is 0 Å². The Hall–Kier alpha value is -2.83. The SMILES string of the molecule is CCc1nc(C)c(C(=O)N2CCC3(CC2)CN(C[C@H](C)c2ccccc2)C(=O)O3)o1. The average molecular weight is 412 g/mol. The van der Waals surface area contributed by atoms with E-state index in [9.17, 15) is 9.59 Å². The lowest BCUT2D eigenvalue weighted by atomic mass is 9.90. The Morgan fingerprint density at radius 2 is 1.93 bits per heavy atom. The smallest absolute Gasteiger partial charge is 0.410 e. The van der Waals surface area contributed by atoms with E-state index in [1.165, 1.54) is 5.56 Å². The monoisotopic (exact) mass is 411 g/mol. The molecule has 160 valence electrons. The van der Waals surface area contributed by atoms with Gasteiger partial charge in [-0.15, -0.1) is 0 Å². The lowest BCUT2D eigenvalue weighted by Crippen LogP contribution is -2.48. The number of oxazole rings is 1. The summed E-state index contributed by atoms with van der Waals surface area (Å²) in [5.41, 5.74) is 1.33. The molecule has 1 spiro atoms. The Labute approximate surface area is 177 Å². The summed E-state index contributed by atoms with van der Waals surface area (Å²) in [4.78, 5) is 33.3. The number of benzene rings is 1. The molecule has 0 unspecified atom stereocenters. The number of nitrogens with zero attached hydrogens (tertiary/aromatic N) is 3. The molecular formula is C23H29N3O4. The van der Waals surface area contributed by atoms with Gasteiger partial charge >= 0.3 is 6.09 Å². The molecule has 1 aromatic heterocycles. The summed E-state index contributed by atoms with van der Waals surface area (Å²) in [6.45, 7) is 8.15. The molecule has 0 bridgehead atoms. The number of rotatable bonds is 5. The molecule has 2 aliphatic rings. The van der Waals surface area contributed by atoms with E-state index < -0.39 is 5.60 Å². The molecule has 30 heavy (non-hydrogen) atoms. The van der Waals surface area contributed by atoms with Crippen LogP contribution < -0.4 is 0 Å². The fourth-order valence-electron chi connectivity index (χ4n) is 4.37. The minimum Gasteiger partial charge on any atom is -0.441 e. The van der Waals surface area contributed by atoms with Crippen molar-refractivity contribution in [3.8, 4) is 0 Å². The highest BCUT2D eigenvalue weighted by Gasteiger charge is 2.48. The lowest BCUT2D eigenvalue weighted by molar-refractivity contribution is 0.00220. The van der Waals surface area contributed by atoms with Crippen molar-refractivity contribution in [1.82, 2.24) is 14.8 Å². The van der Waals surface area contributed by atoms with Gasteiger partial charge in [0, 0.05) is 38.9 Å². The molecule has 2 aliphatic heterocycles. The van der Waals surface area contributed by atoms with Gasteiger partial charge < -0.3 is 19.0 Å². The van der Waals surface area contributed by atoms with Gasteiger partial charge in [0.05, 0.1) is 12.2 Å². The van der Waals surface area contributed by atoms with Gasteiger partial charge in [-0.2, -0.15) is 0 Å². The van der Waals surface area contributed by atoms with Crippen molar-refractivity contribution < 1.29 is 18.7 Å². The Morgan fingerprint density at radius 3 is 2.57 bits per heavy atom. The molecule has 0 N–H and O–H groups in total. The van der Waals surface area contributed by atoms with Crippen molar-refractivity contribution in [2.24, 2.45) is 0 Å². The zero-order valence-corrected chi connectivity index (χ0v) is 17.9. The first-order chi connectivity index (χ1) is 14.4. The highest BCUT2D eigenvalue weighted by atomic mass is 16.6. The molecule has 7 heteroatoms. The number of ether oxygens (including phenoxy) is 1. The van der Waals surface area contributed by atoms with Crippen molar-refractivity contribution >= 4 is 12.0 Å².